The third kappa shape index (κ3) is 4.52. The molecule has 3 aliphatic carbocycles. The number of aliphatic hydroxyl groups is 1. The van der Waals surface area contributed by atoms with Crippen LogP contribution < -0.4 is 9.47 Å². The van der Waals surface area contributed by atoms with Crippen molar-refractivity contribution in [3.05, 3.63) is 130 Å². The summed E-state index contributed by atoms with van der Waals surface area (Å²) in [6, 6.07) is 25.9. The number of hydrogen-bond acceptors (Lipinski definition) is 3. The Labute approximate surface area is 247 Å². The molecule has 3 heteroatoms. The van der Waals surface area contributed by atoms with Crippen LogP contribution in [-0.4, -0.2) is 11.2 Å². The molecular formula is C39H36O3. The topological polar surface area (TPSA) is 38.7 Å². The van der Waals surface area contributed by atoms with Crippen LogP contribution in [0.4, 0.5) is 0 Å². The number of benzene rings is 4. The van der Waals surface area contributed by atoms with Gasteiger partial charge in [-0.25, -0.2) is 0 Å². The quantitative estimate of drug-likeness (QED) is 0.274. The van der Waals surface area contributed by atoms with Crippen molar-refractivity contribution in [2.24, 2.45) is 0 Å². The van der Waals surface area contributed by atoms with Crippen molar-refractivity contribution in [2.75, 3.05) is 0 Å². The van der Waals surface area contributed by atoms with Gasteiger partial charge in [-0.2, -0.15) is 0 Å². The maximum absolute atomic E-state index is 10.4. The van der Waals surface area contributed by atoms with Crippen LogP contribution >= 0.6 is 0 Å². The molecule has 1 fully saturated rings. The number of rotatable bonds is 4. The fourth-order valence-corrected chi connectivity index (χ4v) is 7.53. The van der Waals surface area contributed by atoms with Crippen LogP contribution in [0.15, 0.2) is 102 Å². The van der Waals surface area contributed by atoms with Crippen LogP contribution in [0.25, 0.3) is 16.8 Å². The monoisotopic (exact) mass is 552 g/mol. The minimum absolute atomic E-state index is 0.0501. The first-order chi connectivity index (χ1) is 20.7. The lowest BCUT2D eigenvalue weighted by molar-refractivity contribution is 0.155. The zero-order valence-corrected chi connectivity index (χ0v) is 23.9. The van der Waals surface area contributed by atoms with Gasteiger partial charge in [0.2, 0.25) is 0 Å². The van der Waals surface area contributed by atoms with Crippen LogP contribution in [0.5, 0.6) is 17.2 Å². The van der Waals surface area contributed by atoms with Gasteiger partial charge < -0.3 is 14.6 Å². The Kier molecular flexibility index (Phi) is 6.40. The van der Waals surface area contributed by atoms with Crippen molar-refractivity contribution in [1.82, 2.24) is 0 Å². The van der Waals surface area contributed by atoms with E-state index in [2.05, 4.69) is 91.0 Å². The number of hydrogen-bond donors (Lipinski definition) is 1. The van der Waals surface area contributed by atoms with Gasteiger partial charge in [-0.1, -0.05) is 73.2 Å². The third-order valence-corrected chi connectivity index (χ3v) is 9.64. The summed E-state index contributed by atoms with van der Waals surface area (Å²) in [5.41, 5.74) is 7.52. The lowest BCUT2D eigenvalue weighted by atomic mass is 9.74. The molecule has 1 unspecified atom stereocenters. The van der Waals surface area contributed by atoms with Gasteiger partial charge in [-0.15, -0.1) is 0 Å². The van der Waals surface area contributed by atoms with Crippen LogP contribution in [0, 0.1) is 0 Å². The minimum Gasteiger partial charge on any atom is -0.512 e. The Hall–Kier alpha value is -4.24. The highest BCUT2D eigenvalue weighted by Crippen LogP contribution is 2.54. The van der Waals surface area contributed by atoms with Crippen LogP contribution in [0.2, 0.25) is 0 Å². The maximum Gasteiger partial charge on any atom is 0.132 e. The first-order valence-electron chi connectivity index (χ1n) is 15.6. The fourth-order valence-electron chi connectivity index (χ4n) is 7.53. The Morgan fingerprint density at radius 3 is 2.48 bits per heavy atom. The van der Waals surface area contributed by atoms with E-state index in [4.69, 9.17) is 9.47 Å². The van der Waals surface area contributed by atoms with E-state index in [1.165, 1.54) is 57.9 Å². The number of fused-ring (bicyclic) bond motifs is 6. The Morgan fingerprint density at radius 1 is 0.810 bits per heavy atom. The van der Waals surface area contributed by atoms with E-state index in [0.717, 1.165) is 48.5 Å². The largest absolute Gasteiger partial charge is 0.512 e. The molecule has 2 atom stereocenters. The second kappa shape index (κ2) is 10.5. The van der Waals surface area contributed by atoms with Crippen LogP contribution in [0.1, 0.15) is 84.6 Å². The maximum atomic E-state index is 10.4. The zero-order valence-electron chi connectivity index (χ0n) is 23.9. The summed E-state index contributed by atoms with van der Waals surface area (Å²) in [5.74, 6) is 3.70. The fraction of sp³-hybridized carbons (Fsp3) is 0.282. The average Bonchev–Trinajstić information content (AvgIpc) is 3.04. The predicted octanol–water partition coefficient (Wildman–Crippen LogP) is 10.3. The van der Waals surface area contributed by atoms with Gasteiger partial charge in [0, 0.05) is 29.4 Å². The molecule has 3 nitrogen and oxygen atoms in total. The van der Waals surface area contributed by atoms with Crippen LogP contribution in [-0.2, 0) is 6.42 Å². The van der Waals surface area contributed by atoms with E-state index in [0.29, 0.717) is 24.2 Å². The van der Waals surface area contributed by atoms with Crippen molar-refractivity contribution in [3.8, 4) is 17.2 Å². The lowest BCUT2D eigenvalue weighted by Crippen LogP contribution is -2.19. The van der Waals surface area contributed by atoms with Gasteiger partial charge in [0.25, 0.3) is 0 Å². The number of ether oxygens (including phenoxy) is 2. The van der Waals surface area contributed by atoms with Gasteiger partial charge in [0.05, 0.1) is 11.9 Å². The van der Waals surface area contributed by atoms with Crippen molar-refractivity contribution in [3.63, 3.8) is 0 Å². The summed E-state index contributed by atoms with van der Waals surface area (Å²) in [6.07, 6.45) is 18.0. The summed E-state index contributed by atoms with van der Waals surface area (Å²) in [7, 11) is 0. The van der Waals surface area contributed by atoms with Crippen LogP contribution in [0.3, 0.4) is 0 Å². The molecule has 8 rings (SSSR count). The van der Waals surface area contributed by atoms with Gasteiger partial charge >= 0.3 is 0 Å². The molecule has 210 valence electrons. The Morgan fingerprint density at radius 2 is 1.64 bits per heavy atom. The Bertz CT molecular complexity index is 1750. The van der Waals surface area contributed by atoms with Gasteiger partial charge in [0.15, 0.2) is 0 Å². The molecular weight excluding hydrogens is 516 g/mol. The molecule has 0 bridgehead atoms. The molecule has 4 aromatic carbocycles. The molecule has 4 aliphatic rings. The molecule has 1 saturated carbocycles. The first-order valence-corrected chi connectivity index (χ1v) is 15.6. The van der Waals surface area contributed by atoms with Crippen molar-refractivity contribution in [1.29, 1.82) is 0 Å². The first kappa shape index (κ1) is 25.5. The average molecular weight is 553 g/mol. The number of aliphatic hydroxyl groups excluding tert-OH is 1. The van der Waals surface area contributed by atoms with E-state index in [-0.39, 0.29) is 5.92 Å². The molecule has 1 N–H and O–H groups in total. The van der Waals surface area contributed by atoms with E-state index in [1.54, 1.807) is 0 Å². The Balaban J connectivity index is 1.25. The summed E-state index contributed by atoms with van der Waals surface area (Å²) < 4.78 is 13.1. The standard InChI is InChI=1S/C39H36O3/c40-30-17-19-33-28(23-30)15-21-35-38(33)37(27-13-11-26(12-14-27)25-7-3-1-4-8-25)39-34-20-18-32(41-31-9-5-2-6-10-31)24-29(34)16-22-36(39)42-35/h1,3-4,7-8,11,13-16,18,20-24,26,31,37,40H,2,5-6,9-10,12,17,19H2/t26-,37?/m1/s1. The molecule has 0 spiro atoms. The highest BCUT2D eigenvalue weighted by atomic mass is 16.5. The summed E-state index contributed by atoms with van der Waals surface area (Å²) in [6.45, 7) is 0. The predicted molar refractivity (Wildman–Crippen MR) is 170 cm³/mol. The highest BCUT2D eigenvalue weighted by Gasteiger charge is 2.35. The second-order valence-electron chi connectivity index (χ2n) is 12.3. The molecule has 0 aromatic heterocycles. The summed E-state index contributed by atoms with van der Waals surface area (Å²) >= 11 is 0. The minimum atomic E-state index is 0.0501. The molecule has 0 radical (unpaired) electrons. The second-order valence-corrected chi connectivity index (χ2v) is 12.3. The zero-order chi connectivity index (χ0) is 28.0. The highest BCUT2D eigenvalue weighted by molar-refractivity contribution is 5.92. The third-order valence-electron chi connectivity index (χ3n) is 9.64. The lowest BCUT2D eigenvalue weighted by Gasteiger charge is -2.34. The summed E-state index contributed by atoms with van der Waals surface area (Å²) in [4.78, 5) is 0. The molecule has 1 aliphatic heterocycles. The van der Waals surface area contributed by atoms with Gasteiger partial charge in [-0.3, -0.25) is 0 Å². The van der Waals surface area contributed by atoms with Gasteiger partial charge in [-0.05, 0) is 102 Å². The summed E-state index contributed by atoms with van der Waals surface area (Å²) in [5, 5.41) is 12.7. The number of allylic oxidation sites excluding steroid dienone is 5. The van der Waals surface area contributed by atoms with E-state index < -0.39 is 0 Å². The van der Waals surface area contributed by atoms with Crippen molar-refractivity contribution in [2.45, 2.75) is 69.3 Å². The van der Waals surface area contributed by atoms with E-state index in [1.807, 2.05) is 6.08 Å². The molecule has 42 heavy (non-hydrogen) atoms. The molecule has 1 heterocycles. The molecule has 4 aromatic rings. The van der Waals surface area contributed by atoms with Crippen molar-refractivity contribution >= 4 is 16.8 Å². The van der Waals surface area contributed by atoms with E-state index in [9.17, 15) is 5.11 Å². The molecule has 0 amide bonds. The van der Waals surface area contributed by atoms with E-state index >= 15 is 0 Å². The molecule has 0 saturated heterocycles. The van der Waals surface area contributed by atoms with Gasteiger partial charge in [0.1, 0.15) is 17.2 Å². The normalized spacial score (nSPS) is 21.4. The van der Waals surface area contributed by atoms with Crippen molar-refractivity contribution < 1.29 is 14.6 Å². The smallest absolute Gasteiger partial charge is 0.132 e. The SMILES string of the molecule is OC1=Cc2ccc3c(c2CC1)C(C1=CC[C@H](c2ccccc2)C=C1)c1c(ccc2cc(OC4CCCCC4)ccc12)O3.